The van der Waals surface area contributed by atoms with Gasteiger partial charge in [0.15, 0.2) is 6.29 Å². The first kappa shape index (κ1) is 20.4. The van der Waals surface area contributed by atoms with Crippen LogP contribution in [0.5, 0.6) is 5.75 Å². The summed E-state index contributed by atoms with van der Waals surface area (Å²) in [5.74, 6) is 0.809. The topological polar surface area (TPSA) is 60.5 Å². The molecule has 1 N–H and O–H groups in total. The predicted octanol–water partition coefficient (Wildman–Crippen LogP) is 5.03. The van der Waals surface area contributed by atoms with Gasteiger partial charge in [-0.25, -0.2) is 4.98 Å². The fourth-order valence-electron chi connectivity index (χ4n) is 4.10. The number of aldehydes is 1. The van der Waals surface area contributed by atoms with Crippen molar-refractivity contribution in [3.05, 3.63) is 107 Å². The molecule has 0 spiro atoms. The number of pyridine rings is 1. The van der Waals surface area contributed by atoms with Gasteiger partial charge in [-0.15, -0.1) is 0 Å². The molecule has 1 aliphatic rings. The van der Waals surface area contributed by atoms with Crippen molar-refractivity contribution in [1.82, 2.24) is 10.3 Å². The third-order valence-corrected chi connectivity index (χ3v) is 5.72. The Morgan fingerprint density at radius 2 is 1.69 bits per heavy atom. The van der Waals surface area contributed by atoms with E-state index in [1.807, 2.05) is 84.9 Å². The van der Waals surface area contributed by atoms with Crippen LogP contribution in [-0.4, -0.2) is 24.4 Å². The van der Waals surface area contributed by atoms with E-state index in [0.29, 0.717) is 25.3 Å². The predicted molar refractivity (Wildman–Crippen MR) is 124 cm³/mol. The van der Waals surface area contributed by atoms with Crippen LogP contribution in [0.2, 0.25) is 0 Å². The number of hydrogen-bond donors (Lipinski definition) is 1. The van der Waals surface area contributed by atoms with Crippen molar-refractivity contribution in [2.75, 3.05) is 13.1 Å². The molecule has 2 atom stereocenters. The Labute approximate surface area is 187 Å². The van der Waals surface area contributed by atoms with Gasteiger partial charge >= 0.3 is 0 Å². The number of carbonyl (C=O) groups is 1. The van der Waals surface area contributed by atoms with Gasteiger partial charge in [-0.1, -0.05) is 66.7 Å². The monoisotopic (exact) mass is 424 g/mol. The Bertz CT molecular complexity index is 1230. The van der Waals surface area contributed by atoms with Gasteiger partial charge in [0.25, 0.3) is 0 Å². The number of aromatic nitrogens is 1. The molecule has 0 amide bonds. The second-order valence-electron chi connectivity index (χ2n) is 7.86. The number of nitrogens with zero attached hydrogens (tertiary/aromatic N) is 1. The molecule has 0 bridgehead atoms. The number of para-hydroxylation sites is 2. The van der Waals surface area contributed by atoms with Gasteiger partial charge in [0.2, 0.25) is 0 Å². The van der Waals surface area contributed by atoms with Crippen LogP contribution in [0.15, 0.2) is 84.9 Å². The van der Waals surface area contributed by atoms with Crippen LogP contribution in [0.1, 0.15) is 39.4 Å². The molecular weight excluding hydrogens is 400 g/mol. The average Bonchev–Trinajstić information content (AvgIpc) is 2.87. The average molecular weight is 425 g/mol. The second kappa shape index (κ2) is 9.30. The normalized spacial score (nSPS) is 18.4. The van der Waals surface area contributed by atoms with Gasteiger partial charge in [-0.2, -0.15) is 0 Å². The number of carbonyl (C=O) groups excluding carboxylic acids is 1. The molecule has 1 saturated heterocycles. The summed E-state index contributed by atoms with van der Waals surface area (Å²) < 4.78 is 12.6. The van der Waals surface area contributed by atoms with E-state index in [1.165, 1.54) is 0 Å². The third-order valence-electron chi connectivity index (χ3n) is 5.72. The van der Waals surface area contributed by atoms with Crippen molar-refractivity contribution < 1.29 is 14.3 Å². The van der Waals surface area contributed by atoms with Crippen LogP contribution in [-0.2, 0) is 11.3 Å². The van der Waals surface area contributed by atoms with E-state index < -0.39 is 0 Å². The number of ether oxygens (including phenoxy) is 2. The maximum absolute atomic E-state index is 11.7. The quantitative estimate of drug-likeness (QED) is 0.440. The van der Waals surface area contributed by atoms with Crippen LogP contribution >= 0.6 is 0 Å². The lowest BCUT2D eigenvalue weighted by Crippen LogP contribution is -2.36. The molecule has 5 heteroatoms. The number of hydrogen-bond acceptors (Lipinski definition) is 5. The van der Waals surface area contributed by atoms with Crippen LogP contribution in [0.25, 0.3) is 10.9 Å². The molecule has 32 heavy (non-hydrogen) atoms. The number of morpholine rings is 1. The van der Waals surface area contributed by atoms with Crippen molar-refractivity contribution in [3.8, 4) is 5.75 Å². The fraction of sp³-hybridized carbons (Fsp3) is 0.185. The lowest BCUT2D eigenvalue weighted by atomic mass is 10.0. The Hall–Kier alpha value is -3.54. The van der Waals surface area contributed by atoms with Crippen LogP contribution in [0.4, 0.5) is 0 Å². The Kier molecular flexibility index (Phi) is 5.92. The summed E-state index contributed by atoms with van der Waals surface area (Å²) in [5.41, 5.74) is 4.29. The molecule has 2 unspecified atom stereocenters. The first-order chi connectivity index (χ1) is 15.8. The van der Waals surface area contributed by atoms with Gasteiger partial charge in [-0.05, 0) is 23.8 Å². The maximum Gasteiger partial charge on any atom is 0.150 e. The van der Waals surface area contributed by atoms with E-state index in [0.717, 1.165) is 39.8 Å². The highest BCUT2D eigenvalue weighted by molar-refractivity contribution is 5.96. The van der Waals surface area contributed by atoms with Gasteiger partial charge in [0.05, 0.1) is 17.3 Å². The highest BCUT2D eigenvalue weighted by atomic mass is 16.5. The summed E-state index contributed by atoms with van der Waals surface area (Å²) in [6, 6.07) is 27.6. The molecule has 160 valence electrons. The van der Waals surface area contributed by atoms with Crippen molar-refractivity contribution in [1.29, 1.82) is 0 Å². The molecule has 1 fully saturated rings. The standard InChI is InChI=1S/C27H24N2O3/c30-17-20-14-24(29-23-12-6-4-10-21(20)23)27-16-28-15-26(32-27)22-11-5-7-13-25(22)31-18-19-8-2-1-3-9-19/h1-14,17,26-28H,15-16,18H2. The Morgan fingerprint density at radius 3 is 2.56 bits per heavy atom. The molecule has 5 rings (SSSR count). The molecule has 4 aromatic rings. The van der Waals surface area contributed by atoms with Gasteiger partial charge in [0.1, 0.15) is 18.5 Å². The van der Waals surface area contributed by atoms with Crippen LogP contribution in [0, 0.1) is 0 Å². The zero-order valence-electron chi connectivity index (χ0n) is 17.6. The van der Waals surface area contributed by atoms with Crippen LogP contribution in [0.3, 0.4) is 0 Å². The van der Waals surface area contributed by atoms with Crippen molar-refractivity contribution in [2.45, 2.75) is 18.8 Å². The van der Waals surface area contributed by atoms with E-state index in [2.05, 4.69) is 5.32 Å². The minimum absolute atomic E-state index is 0.186. The van der Waals surface area contributed by atoms with Gasteiger partial charge in [0, 0.05) is 29.6 Å². The largest absolute Gasteiger partial charge is 0.489 e. The Morgan fingerprint density at radius 1 is 0.938 bits per heavy atom. The second-order valence-corrected chi connectivity index (χ2v) is 7.86. The molecule has 0 saturated carbocycles. The van der Waals surface area contributed by atoms with Crippen molar-refractivity contribution in [3.63, 3.8) is 0 Å². The summed E-state index contributed by atoms with van der Waals surface area (Å²) in [6.07, 6.45) is 0.432. The molecule has 0 aliphatic carbocycles. The first-order valence-electron chi connectivity index (χ1n) is 10.8. The fourth-order valence-corrected chi connectivity index (χ4v) is 4.10. The first-order valence-corrected chi connectivity index (χ1v) is 10.8. The molecule has 2 heterocycles. The summed E-state index contributed by atoms with van der Waals surface area (Å²) >= 11 is 0. The highest BCUT2D eigenvalue weighted by Crippen LogP contribution is 2.34. The summed E-state index contributed by atoms with van der Waals surface area (Å²) in [4.78, 5) is 16.5. The Balaban J connectivity index is 1.39. The summed E-state index contributed by atoms with van der Waals surface area (Å²) in [5, 5.41) is 4.31. The third kappa shape index (κ3) is 4.26. The van der Waals surface area contributed by atoms with E-state index in [9.17, 15) is 4.79 Å². The number of nitrogens with one attached hydrogen (secondary N) is 1. The van der Waals surface area contributed by atoms with E-state index in [1.54, 1.807) is 0 Å². The van der Waals surface area contributed by atoms with E-state index in [4.69, 9.17) is 14.5 Å². The van der Waals surface area contributed by atoms with E-state index in [-0.39, 0.29) is 12.2 Å². The molecule has 3 aromatic carbocycles. The minimum atomic E-state index is -0.265. The SMILES string of the molecule is O=Cc1cc(C2CNCC(c3ccccc3OCc3ccccc3)O2)nc2ccccc12. The lowest BCUT2D eigenvalue weighted by Gasteiger charge is -2.32. The zero-order chi connectivity index (χ0) is 21.8. The highest BCUT2D eigenvalue weighted by Gasteiger charge is 2.28. The van der Waals surface area contributed by atoms with Crippen molar-refractivity contribution in [2.24, 2.45) is 0 Å². The summed E-state index contributed by atoms with van der Waals surface area (Å²) in [7, 11) is 0. The van der Waals surface area contributed by atoms with E-state index >= 15 is 0 Å². The number of benzene rings is 3. The maximum atomic E-state index is 11.7. The zero-order valence-corrected chi connectivity index (χ0v) is 17.6. The number of fused-ring (bicyclic) bond motifs is 1. The van der Waals surface area contributed by atoms with Gasteiger partial charge in [-0.3, -0.25) is 4.79 Å². The van der Waals surface area contributed by atoms with Gasteiger partial charge < -0.3 is 14.8 Å². The molecule has 1 aromatic heterocycles. The van der Waals surface area contributed by atoms with Crippen LogP contribution < -0.4 is 10.1 Å². The molecular formula is C27H24N2O3. The molecule has 0 radical (unpaired) electrons. The smallest absolute Gasteiger partial charge is 0.150 e. The molecule has 5 nitrogen and oxygen atoms in total. The lowest BCUT2D eigenvalue weighted by molar-refractivity contribution is -0.0436. The minimum Gasteiger partial charge on any atom is -0.489 e. The number of rotatable bonds is 6. The summed E-state index contributed by atoms with van der Waals surface area (Å²) in [6.45, 7) is 1.81. The van der Waals surface area contributed by atoms with Crippen molar-refractivity contribution >= 4 is 17.2 Å². The molecule has 1 aliphatic heterocycles.